The first-order chi connectivity index (χ1) is 10.2. The van der Waals surface area contributed by atoms with Crippen molar-refractivity contribution in [1.82, 2.24) is 10.6 Å². The molecular weight excluding hydrogens is 289 g/mol. The van der Waals surface area contributed by atoms with Crippen LogP contribution in [-0.4, -0.2) is 37.9 Å². The van der Waals surface area contributed by atoms with Crippen molar-refractivity contribution in [1.29, 1.82) is 0 Å². The molecule has 0 aliphatic carbocycles. The number of thiophene rings is 1. The van der Waals surface area contributed by atoms with Crippen molar-refractivity contribution in [2.45, 2.75) is 12.5 Å². The van der Waals surface area contributed by atoms with E-state index in [-0.39, 0.29) is 6.67 Å². The van der Waals surface area contributed by atoms with E-state index < -0.39 is 6.10 Å². The minimum absolute atomic E-state index is 0.353. The average Bonchev–Trinajstić information content (AvgIpc) is 2.94. The van der Waals surface area contributed by atoms with Gasteiger partial charge < -0.3 is 15.7 Å². The van der Waals surface area contributed by atoms with E-state index in [2.05, 4.69) is 15.6 Å². The normalized spacial score (nSPS) is 13.4. The number of guanidine groups is 1. The summed E-state index contributed by atoms with van der Waals surface area (Å²) >= 11 is 1.59. The van der Waals surface area contributed by atoms with Crippen LogP contribution in [0, 0.1) is 0 Å². The Balaban J connectivity index is 1.90. The molecule has 4 nitrogen and oxygen atoms in total. The summed E-state index contributed by atoms with van der Waals surface area (Å²) in [5.41, 5.74) is 0. The highest BCUT2D eigenvalue weighted by Crippen LogP contribution is 2.29. The standard InChI is InChI=1S/C15H20FN3OS/c1-17-15(18-8-4-7-16)19-10-12(20)14-9-11-5-2-3-6-13(11)21-14/h2-3,5-6,9,12,20H,4,7-8,10H2,1H3,(H2,17,18,19). The van der Waals surface area contributed by atoms with Gasteiger partial charge in [0, 0.05) is 29.7 Å². The van der Waals surface area contributed by atoms with Gasteiger partial charge in [-0.05, 0) is 23.9 Å². The van der Waals surface area contributed by atoms with E-state index in [0.29, 0.717) is 25.5 Å². The molecule has 1 unspecified atom stereocenters. The maximum Gasteiger partial charge on any atom is 0.191 e. The minimum Gasteiger partial charge on any atom is -0.386 e. The number of fused-ring (bicyclic) bond motifs is 1. The molecule has 21 heavy (non-hydrogen) atoms. The summed E-state index contributed by atoms with van der Waals surface area (Å²) in [5, 5.41) is 17.4. The Kier molecular flexibility index (Phi) is 5.95. The third-order valence-corrected chi connectivity index (χ3v) is 4.28. The van der Waals surface area contributed by atoms with E-state index in [1.165, 1.54) is 0 Å². The van der Waals surface area contributed by atoms with Gasteiger partial charge in [-0.3, -0.25) is 9.38 Å². The summed E-state index contributed by atoms with van der Waals surface area (Å²) in [4.78, 5) is 4.95. The third-order valence-electron chi connectivity index (χ3n) is 3.06. The molecule has 2 aromatic rings. The number of alkyl halides is 1. The summed E-state index contributed by atoms with van der Waals surface area (Å²) in [7, 11) is 1.65. The largest absolute Gasteiger partial charge is 0.386 e. The van der Waals surface area contributed by atoms with Crippen LogP contribution >= 0.6 is 11.3 Å². The van der Waals surface area contributed by atoms with E-state index >= 15 is 0 Å². The smallest absolute Gasteiger partial charge is 0.191 e. The fourth-order valence-electron chi connectivity index (χ4n) is 1.95. The van der Waals surface area contributed by atoms with Crippen LogP contribution in [0.1, 0.15) is 17.4 Å². The van der Waals surface area contributed by atoms with Gasteiger partial charge in [-0.1, -0.05) is 18.2 Å². The van der Waals surface area contributed by atoms with E-state index in [1.54, 1.807) is 18.4 Å². The zero-order valence-electron chi connectivity index (χ0n) is 12.0. The maximum atomic E-state index is 12.0. The predicted molar refractivity (Wildman–Crippen MR) is 86.7 cm³/mol. The Labute approximate surface area is 127 Å². The molecule has 0 saturated carbocycles. The molecule has 3 N–H and O–H groups in total. The van der Waals surface area contributed by atoms with Gasteiger partial charge in [-0.2, -0.15) is 0 Å². The number of nitrogens with one attached hydrogen (secondary N) is 2. The Morgan fingerprint density at radius 3 is 2.90 bits per heavy atom. The summed E-state index contributed by atoms with van der Waals surface area (Å²) < 4.78 is 13.2. The van der Waals surface area contributed by atoms with E-state index in [1.807, 2.05) is 30.3 Å². The van der Waals surface area contributed by atoms with Gasteiger partial charge >= 0.3 is 0 Å². The summed E-state index contributed by atoms with van der Waals surface area (Å²) in [5.74, 6) is 0.573. The first-order valence-corrected chi connectivity index (χ1v) is 7.73. The Bertz CT molecular complexity index is 566. The molecule has 0 amide bonds. The van der Waals surface area contributed by atoms with Crippen molar-refractivity contribution in [3.8, 4) is 0 Å². The lowest BCUT2D eigenvalue weighted by Crippen LogP contribution is -2.39. The quantitative estimate of drug-likeness (QED) is 0.436. The molecule has 0 aliphatic heterocycles. The second kappa shape index (κ2) is 7.95. The molecule has 1 atom stereocenters. The van der Waals surface area contributed by atoms with Crippen LogP contribution in [0.4, 0.5) is 4.39 Å². The fourth-order valence-corrected chi connectivity index (χ4v) is 3.01. The lowest BCUT2D eigenvalue weighted by molar-refractivity contribution is 0.184. The highest BCUT2D eigenvalue weighted by molar-refractivity contribution is 7.19. The second-order valence-corrected chi connectivity index (χ2v) is 5.74. The molecule has 0 fully saturated rings. The van der Waals surface area contributed by atoms with Gasteiger partial charge in [0.05, 0.1) is 6.67 Å². The molecule has 114 valence electrons. The zero-order valence-corrected chi connectivity index (χ0v) is 12.8. The van der Waals surface area contributed by atoms with Gasteiger partial charge in [0.2, 0.25) is 0 Å². The summed E-state index contributed by atoms with van der Waals surface area (Å²) in [6.45, 7) is 0.533. The number of aliphatic hydroxyl groups is 1. The minimum atomic E-state index is -0.595. The predicted octanol–water partition coefficient (Wildman–Crippen LogP) is 2.46. The highest BCUT2D eigenvalue weighted by atomic mass is 32.1. The summed E-state index contributed by atoms with van der Waals surface area (Å²) in [6, 6.07) is 10.1. The lowest BCUT2D eigenvalue weighted by Gasteiger charge is -2.14. The lowest BCUT2D eigenvalue weighted by atomic mass is 10.2. The first-order valence-electron chi connectivity index (χ1n) is 6.91. The van der Waals surface area contributed by atoms with E-state index in [4.69, 9.17) is 0 Å². The number of benzene rings is 1. The van der Waals surface area contributed by atoms with E-state index in [0.717, 1.165) is 15.0 Å². The van der Waals surface area contributed by atoms with Crippen molar-refractivity contribution in [3.63, 3.8) is 0 Å². The fraction of sp³-hybridized carbons (Fsp3) is 0.400. The molecular formula is C15H20FN3OS. The van der Waals surface area contributed by atoms with Crippen LogP contribution in [0.3, 0.4) is 0 Å². The molecule has 0 bridgehead atoms. The third kappa shape index (κ3) is 4.41. The van der Waals surface area contributed by atoms with Crippen molar-refractivity contribution in [2.75, 3.05) is 26.8 Å². The van der Waals surface area contributed by atoms with Crippen LogP contribution < -0.4 is 10.6 Å². The van der Waals surface area contributed by atoms with Gasteiger partial charge in [0.25, 0.3) is 0 Å². The summed E-state index contributed by atoms with van der Waals surface area (Å²) in [6.07, 6.45) is -0.151. The SMILES string of the molecule is CN=C(NCCCF)NCC(O)c1cc2ccccc2s1. The van der Waals surface area contributed by atoms with Crippen LogP contribution in [0.2, 0.25) is 0 Å². The molecule has 0 aliphatic rings. The van der Waals surface area contributed by atoms with Crippen molar-refractivity contribution < 1.29 is 9.50 Å². The van der Waals surface area contributed by atoms with Gasteiger partial charge in [-0.25, -0.2) is 0 Å². The van der Waals surface area contributed by atoms with E-state index in [9.17, 15) is 9.50 Å². The van der Waals surface area contributed by atoms with Crippen LogP contribution in [-0.2, 0) is 0 Å². The topological polar surface area (TPSA) is 56.7 Å². The molecule has 2 rings (SSSR count). The number of aliphatic hydroxyl groups excluding tert-OH is 1. The van der Waals surface area contributed by atoms with Gasteiger partial charge in [-0.15, -0.1) is 11.3 Å². The van der Waals surface area contributed by atoms with Crippen molar-refractivity contribution in [3.05, 3.63) is 35.2 Å². The molecule has 6 heteroatoms. The Morgan fingerprint density at radius 1 is 1.38 bits per heavy atom. The van der Waals surface area contributed by atoms with Crippen LogP contribution in [0.5, 0.6) is 0 Å². The zero-order chi connectivity index (χ0) is 15.1. The molecule has 1 heterocycles. The monoisotopic (exact) mass is 309 g/mol. The maximum absolute atomic E-state index is 12.0. The van der Waals surface area contributed by atoms with Gasteiger partial charge in [0.15, 0.2) is 5.96 Å². The Morgan fingerprint density at radius 2 is 2.19 bits per heavy atom. The number of hydrogen-bond acceptors (Lipinski definition) is 3. The number of rotatable bonds is 6. The number of halogens is 1. The molecule has 0 saturated heterocycles. The van der Waals surface area contributed by atoms with Gasteiger partial charge in [0.1, 0.15) is 6.10 Å². The van der Waals surface area contributed by atoms with Crippen LogP contribution in [0.25, 0.3) is 10.1 Å². The number of aliphatic imine (C=N–C) groups is 1. The average molecular weight is 309 g/mol. The molecule has 1 aromatic heterocycles. The number of nitrogens with zero attached hydrogens (tertiary/aromatic N) is 1. The highest BCUT2D eigenvalue weighted by Gasteiger charge is 2.11. The number of hydrogen-bond donors (Lipinski definition) is 3. The Hall–Kier alpha value is -1.66. The second-order valence-electron chi connectivity index (χ2n) is 4.62. The van der Waals surface area contributed by atoms with Crippen LogP contribution in [0.15, 0.2) is 35.3 Å². The molecule has 0 radical (unpaired) electrons. The first kappa shape index (κ1) is 15.7. The molecule has 1 aromatic carbocycles. The van der Waals surface area contributed by atoms with Crippen molar-refractivity contribution >= 4 is 27.4 Å². The molecule has 0 spiro atoms. The van der Waals surface area contributed by atoms with Crippen molar-refractivity contribution in [2.24, 2.45) is 4.99 Å².